The highest BCUT2D eigenvalue weighted by atomic mass is 16.5. The third-order valence-corrected chi connectivity index (χ3v) is 4.26. The van der Waals surface area contributed by atoms with Crippen LogP contribution in [0.4, 0.5) is 0 Å². The molecule has 2 fully saturated rings. The van der Waals surface area contributed by atoms with Crippen LogP contribution in [0.15, 0.2) is 0 Å². The summed E-state index contributed by atoms with van der Waals surface area (Å²) in [6.07, 6.45) is 6.61. The topological polar surface area (TPSA) is 42.5 Å². The molecule has 18 heavy (non-hydrogen) atoms. The van der Waals surface area contributed by atoms with E-state index in [4.69, 9.17) is 9.47 Å². The van der Waals surface area contributed by atoms with Crippen molar-refractivity contribution in [3.05, 3.63) is 0 Å². The molecule has 2 saturated heterocycles. The summed E-state index contributed by atoms with van der Waals surface area (Å²) >= 11 is 0. The smallest absolute Gasteiger partial charge is 0.0699 e. The molecule has 0 radical (unpaired) electrons. The molecule has 2 aliphatic heterocycles. The van der Waals surface area contributed by atoms with Crippen LogP contribution in [0.2, 0.25) is 0 Å². The highest BCUT2D eigenvalue weighted by Crippen LogP contribution is 2.28. The second-order valence-corrected chi connectivity index (χ2v) is 5.80. The van der Waals surface area contributed by atoms with Crippen LogP contribution in [-0.4, -0.2) is 52.6 Å². The molecule has 1 unspecified atom stereocenters. The number of ether oxygens (including phenoxy) is 2. The van der Waals surface area contributed by atoms with Gasteiger partial charge in [-0.15, -0.1) is 0 Å². The number of methoxy groups -OCH3 is 1. The standard InChI is InChI=1S/C14H28N2O2/c1-17-12-14(5-7-15-8-6-14)11-16-10-13-4-2-3-9-18-13/h13,15-16H,2-12H2,1H3. The molecule has 106 valence electrons. The third-order valence-electron chi connectivity index (χ3n) is 4.26. The average Bonchev–Trinajstić information content (AvgIpc) is 2.41. The summed E-state index contributed by atoms with van der Waals surface area (Å²) in [6, 6.07) is 0. The molecule has 0 bridgehead atoms. The fourth-order valence-corrected chi connectivity index (χ4v) is 3.10. The van der Waals surface area contributed by atoms with E-state index in [2.05, 4.69) is 10.6 Å². The molecule has 4 heteroatoms. The van der Waals surface area contributed by atoms with E-state index < -0.39 is 0 Å². The highest BCUT2D eigenvalue weighted by Gasteiger charge is 2.31. The van der Waals surface area contributed by atoms with Crippen molar-refractivity contribution in [2.75, 3.05) is 46.5 Å². The zero-order chi connectivity index (χ0) is 12.7. The van der Waals surface area contributed by atoms with E-state index >= 15 is 0 Å². The summed E-state index contributed by atoms with van der Waals surface area (Å²) < 4.78 is 11.2. The number of nitrogens with one attached hydrogen (secondary N) is 2. The van der Waals surface area contributed by atoms with Crippen LogP contribution >= 0.6 is 0 Å². The Morgan fingerprint density at radius 3 is 2.83 bits per heavy atom. The lowest BCUT2D eigenvalue weighted by Crippen LogP contribution is -2.47. The fourth-order valence-electron chi connectivity index (χ4n) is 3.10. The van der Waals surface area contributed by atoms with Gasteiger partial charge in [-0.2, -0.15) is 0 Å². The minimum Gasteiger partial charge on any atom is -0.384 e. The van der Waals surface area contributed by atoms with Crippen LogP contribution in [0.1, 0.15) is 32.1 Å². The molecule has 2 N–H and O–H groups in total. The Morgan fingerprint density at radius 1 is 1.33 bits per heavy atom. The Kier molecular flexibility index (Phi) is 5.89. The predicted molar refractivity (Wildman–Crippen MR) is 72.9 cm³/mol. The normalized spacial score (nSPS) is 28.2. The quantitative estimate of drug-likeness (QED) is 0.748. The fraction of sp³-hybridized carbons (Fsp3) is 1.00. The second kappa shape index (κ2) is 7.43. The van der Waals surface area contributed by atoms with Crippen LogP contribution in [-0.2, 0) is 9.47 Å². The molecule has 0 amide bonds. The lowest BCUT2D eigenvalue weighted by Gasteiger charge is -2.37. The van der Waals surface area contributed by atoms with Crippen molar-refractivity contribution >= 4 is 0 Å². The van der Waals surface area contributed by atoms with Crippen LogP contribution in [0, 0.1) is 5.41 Å². The molecule has 0 aromatic heterocycles. The van der Waals surface area contributed by atoms with Gasteiger partial charge < -0.3 is 20.1 Å². The van der Waals surface area contributed by atoms with Gasteiger partial charge in [-0.05, 0) is 45.2 Å². The lowest BCUT2D eigenvalue weighted by atomic mass is 9.79. The van der Waals surface area contributed by atoms with E-state index in [9.17, 15) is 0 Å². The van der Waals surface area contributed by atoms with Gasteiger partial charge in [-0.3, -0.25) is 0 Å². The molecule has 0 aliphatic carbocycles. The maximum absolute atomic E-state index is 5.75. The molecular weight excluding hydrogens is 228 g/mol. The molecule has 0 aromatic carbocycles. The van der Waals surface area contributed by atoms with Gasteiger partial charge in [0.15, 0.2) is 0 Å². The minimum absolute atomic E-state index is 0.328. The summed E-state index contributed by atoms with van der Waals surface area (Å²) in [5, 5.41) is 7.05. The third kappa shape index (κ3) is 4.19. The Hall–Kier alpha value is -0.160. The van der Waals surface area contributed by atoms with Gasteiger partial charge in [0, 0.05) is 32.2 Å². The monoisotopic (exact) mass is 256 g/mol. The first-order valence-electron chi connectivity index (χ1n) is 7.37. The van der Waals surface area contributed by atoms with E-state index in [0.29, 0.717) is 11.5 Å². The van der Waals surface area contributed by atoms with E-state index in [1.165, 1.54) is 32.1 Å². The van der Waals surface area contributed by atoms with Crippen molar-refractivity contribution in [1.29, 1.82) is 0 Å². The highest BCUT2D eigenvalue weighted by molar-refractivity contribution is 4.87. The minimum atomic E-state index is 0.328. The molecular formula is C14H28N2O2. The zero-order valence-electron chi connectivity index (χ0n) is 11.7. The van der Waals surface area contributed by atoms with Crippen LogP contribution < -0.4 is 10.6 Å². The molecule has 2 heterocycles. The summed E-state index contributed by atoms with van der Waals surface area (Å²) in [6.45, 7) is 6.10. The molecule has 2 rings (SSSR count). The first kappa shape index (κ1) is 14.3. The second-order valence-electron chi connectivity index (χ2n) is 5.80. The Bertz CT molecular complexity index is 218. The summed E-state index contributed by atoms with van der Waals surface area (Å²) in [7, 11) is 1.81. The van der Waals surface area contributed by atoms with Gasteiger partial charge in [0.25, 0.3) is 0 Å². The number of rotatable bonds is 6. The van der Waals surface area contributed by atoms with Crippen molar-refractivity contribution in [2.45, 2.75) is 38.2 Å². The number of hydrogen-bond acceptors (Lipinski definition) is 4. The Morgan fingerprint density at radius 2 is 2.17 bits per heavy atom. The number of piperidine rings is 1. The molecule has 0 spiro atoms. The van der Waals surface area contributed by atoms with Crippen molar-refractivity contribution in [3.63, 3.8) is 0 Å². The van der Waals surface area contributed by atoms with Crippen molar-refractivity contribution in [3.8, 4) is 0 Å². The van der Waals surface area contributed by atoms with Crippen LogP contribution in [0.25, 0.3) is 0 Å². The maximum atomic E-state index is 5.75. The van der Waals surface area contributed by atoms with E-state index in [-0.39, 0.29) is 0 Å². The van der Waals surface area contributed by atoms with Gasteiger partial charge in [-0.1, -0.05) is 0 Å². The largest absolute Gasteiger partial charge is 0.384 e. The zero-order valence-corrected chi connectivity index (χ0v) is 11.7. The average molecular weight is 256 g/mol. The SMILES string of the molecule is COCC1(CNCC2CCCCO2)CCNCC1. The Balaban J connectivity index is 1.71. The van der Waals surface area contributed by atoms with Crippen LogP contribution in [0.5, 0.6) is 0 Å². The van der Waals surface area contributed by atoms with E-state index in [0.717, 1.165) is 39.4 Å². The summed E-state index contributed by atoms with van der Waals surface area (Å²) in [5.74, 6) is 0. The van der Waals surface area contributed by atoms with E-state index in [1.807, 2.05) is 7.11 Å². The number of hydrogen-bond donors (Lipinski definition) is 2. The molecule has 0 saturated carbocycles. The first-order chi connectivity index (χ1) is 8.85. The first-order valence-corrected chi connectivity index (χ1v) is 7.37. The summed E-state index contributed by atoms with van der Waals surface area (Å²) in [5.41, 5.74) is 0.328. The van der Waals surface area contributed by atoms with Gasteiger partial charge in [0.2, 0.25) is 0 Å². The van der Waals surface area contributed by atoms with Crippen molar-refractivity contribution in [2.24, 2.45) is 5.41 Å². The van der Waals surface area contributed by atoms with Crippen molar-refractivity contribution < 1.29 is 9.47 Å². The molecule has 2 aliphatic rings. The summed E-state index contributed by atoms with van der Waals surface area (Å²) in [4.78, 5) is 0. The molecule has 4 nitrogen and oxygen atoms in total. The maximum Gasteiger partial charge on any atom is 0.0699 e. The van der Waals surface area contributed by atoms with Crippen LogP contribution in [0.3, 0.4) is 0 Å². The predicted octanol–water partition coefficient (Wildman–Crippen LogP) is 1.16. The van der Waals surface area contributed by atoms with Crippen molar-refractivity contribution in [1.82, 2.24) is 10.6 Å². The molecule has 0 aromatic rings. The van der Waals surface area contributed by atoms with Gasteiger partial charge in [0.05, 0.1) is 12.7 Å². The Labute approximate surface area is 111 Å². The van der Waals surface area contributed by atoms with E-state index in [1.54, 1.807) is 0 Å². The van der Waals surface area contributed by atoms with Gasteiger partial charge >= 0.3 is 0 Å². The lowest BCUT2D eigenvalue weighted by molar-refractivity contribution is 0.00988. The molecule has 1 atom stereocenters. The van der Waals surface area contributed by atoms with Gasteiger partial charge in [0.1, 0.15) is 0 Å². The van der Waals surface area contributed by atoms with Gasteiger partial charge in [-0.25, -0.2) is 0 Å².